The topological polar surface area (TPSA) is 77.2 Å². The molecule has 0 unspecified atom stereocenters. The van der Waals surface area contributed by atoms with Crippen molar-refractivity contribution in [3.63, 3.8) is 0 Å². The van der Waals surface area contributed by atoms with E-state index in [0.29, 0.717) is 5.56 Å². The number of primary amides is 1. The fourth-order valence-corrected chi connectivity index (χ4v) is 2.69. The van der Waals surface area contributed by atoms with Crippen molar-refractivity contribution < 1.29 is 27.1 Å². The molecule has 152 valence electrons. The average molecular weight is 399 g/mol. The molecule has 1 aliphatic carbocycles. The summed E-state index contributed by atoms with van der Waals surface area (Å²) in [5.74, 6) is -0.253. The van der Waals surface area contributed by atoms with Crippen LogP contribution in [0.15, 0.2) is 36.5 Å². The van der Waals surface area contributed by atoms with Gasteiger partial charge >= 0.3 is 12.2 Å². The van der Waals surface area contributed by atoms with E-state index in [0.717, 1.165) is 12.8 Å². The summed E-state index contributed by atoms with van der Waals surface area (Å²) in [4.78, 5) is 14.0. The van der Waals surface area contributed by atoms with Crippen LogP contribution in [-0.4, -0.2) is 23.8 Å². The summed E-state index contributed by atoms with van der Waals surface area (Å²) in [7, 11) is 0. The van der Waals surface area contributed by atoms with Gasteiger partial charge in [0.2, 0.25) is 5.88 Å². The second kappa shape index (κ2) is 9.91. The normalized spacial score (nSPS) is 13.0. The Kier molecular flexibility index (Phi) is 7.60. The Labute approximate surface area is 159 Å². The molecule has 28 heavy (non-hydrogen) atoms. The Morgan fingerprint density at radius 3 is 2.54 bits per heavy atom. The number of nitrogens with two attached hydrogens (primary N) is 1. The Hall–Kier alpha value is -2.84. The molecule has 9 heteroatoms. The number of urea groups is 1. The number of benzene rings is 1. The molecule has 1 aromatic heterocycles. The van der Waals surface area contributed by atoms with Gasteiger partial charge in [-0.15, -0.1) is 0 Å². The fraction of sp³-hybridized carbons (Fsp3) is 0.368. The van der Waals surface area contributed by atoms with Crippen LogP contribution in [0, 0.1) is 5.82 Å². The predicted molar refractivity (Wildman–Crippen MR) is 95.3 cm³/mol. The molecule has 3 rings (SSSR count). The number of halogens is 4. The summed E-state index contributed by atoms with van der Waals surface area (Å²) in [5, 5.41) is 2.29. The molecule has 0 radical (unpaired) electrons. The molecular weight excluding hydrogens is 378 g/mol. The summed E-state index contributed by atoms with van der Waals surface area (Å²) in [5.41, 5.74) is 7.95. The monoisotopic (exact) mass is 399 g/mol. The van der Waals surface area contributed by atoms with Gasteiger partial charge in [-0.05, 0) is 60.6 Å². The number of amides is 2. The first-order valence-corrected chi connectivity index (χ1v) is 8.68. The lowest BCUT2D eigenvalue weighted by atomic mass is 9.92. The number of nitrogens with one attached hydrogen (secondary N) is 1. The van der Waals surface area contributed by atoms with E-state index in [1.54, 1.807) is 12.1 Å². The van der Waals surface area contributed by atoms with Crippen molar-refractivity contribution in [3.05, 3.63) is 59.0 Å². The number of hydrogen-bond donors (Lipinski definition) is 2. The van der Waals surface area contributed by atoms with E-state index < -0.39 is 18.8 Å². The second-order valence-corrected chi connectivity index (χ2v) is 6.24. The van der Waals surface area contributed by atoms with Crippen LogP contribution in [0.25, 0.3) is 0 Å². The van der Waals surface area contributed by atoms with Gasteiger partial charge in [-0.2, -0.15) is 13.2 Å². The van der Waals surface area contributed by atoms with Crippen molar-refractivity contribution in [3.8, 4) is 5.88 Å². The number of ether oxygens (including phenoxy) is 1. The third-order valence-electron chi connectivity index (χ3n) is 3.96. The SMILES string of the molecule is Fc1ccc2c(c1)CCCC2.NC(=O)NCc1ccnc(OCC(F)(F)F)c1. The van der Waals surface area contributed by atoms with Crippen LogP contribution in [-0.2, 0) is 19.4 Å². The molecule has 2 aromatic rings. The minimum absolute atomic E-state index is 0.0920. The first-order chi connectivity index (χ1) is 13.2. The van der Waals surface area contributed by atoms with Gasteiger partial charge in [0, 0.05) is 18.8 Å². The number of alkyl halides is 3. The first kappa shape index (κ1) is 21.5. The van der Waals surface area contributed by atoms with Crippen LogP contribution in [0.3, 0.4) is 0 Å². The van der Waals surface area contributed by atoms with E-state index in [2.05, 4.69) is 15.0 Å². The summed E-state index contributed by atoms with van der Waals surface area (Å²) < 4.78 is 52.7. The number of carbonyl (C=O) groups is 1. The highest BCUT2D eigenvalue weighted by Crippen LogP contribution is 2.21. The molecular formula is C19H21F4N3O2. The second-order valence-electron chi connectivity index (χ2n) is 6.24. The molecule has 0 spiro atoms. The lowest BCUT2D eigenvalue weighted by molar-refractivity contribution is -0.154. The highest BCUT2D eigenvalue weighted by Gasteiger charge is 2.28. The van der Waals surface area contributed by atoms with Crippen LogP contribution >= 0.6 is 0 Å². The fourth-order valence-electron chi connectivity index (χ4n) is 2.69. The van der Waals surface area contributed by atoms with E-state index in [4.69, 9.17) is 5.73 Å². The van der Waals surface area contributed by atoms with Crippen molar-refractivity contribution in [1.29, 1.82) is 0 Å². The molecule has 2 amide bonds. The Morgan fingerprint density at radius 1 is 1.14 bits per heavy atom. The van der Waals surface area contributed by atoms with Gasteiger partial charge in [0.1, 0.15) is 5.82 Å². The van der Waals surface area contributed by atoms with Gasteiger partial charge in [-0.1, -0.05) is 6.07 Å². The maximum Gasteiger partial charge on any atom is 0.422 e. The Morgan fingerprint density at radius 2 is 1.86 bits per heavy atom. The van der Waals surface area contributed by atoms with E-state index in [9.17, 15) is 22.4 Å². The molecule has 0 saturated heterocycles. The Bertz CT molecular complexity index is 797. The van der Waals surface area contributed by atoms with Gasteiger partial charge in [0.25, 0.3) is 0 Å². The maximum absolute atomic E-state index is 12.7. The van der Waals surface area contributed by atoms with Crippen molar-refractivity contribution in [2.75, 3.05) is 6.61 Å². The minimum atomic E-state index is -4.41. The molecule has 0 atom stereocenters. The quantitative estimate of drug-likeness (QED) is 0.766. The summed E-state index contributed by atoms with van der Waals surface area (Å²) in [6.45, 7) is -1.31. The summed E-state index contributed by atoms with van der Waals surface area (Å²) in [6, 6.07) is 7.25. The van der Waals surface area contributed by atoms with Crippen LogP contribution in [0.2, 0.25) is 0 Å². The van der Waals surface area contributed by atoms with Crippen molar-refractivity contribution in [2.45, 2.75) is 38.4 Å². The van der Waals surface area contributed by atoms with Crippen molar-refractivity contribution in [2.24, 2.45) is 5.73 Å². The standard InChI is InChI=1S/C10H11F.C9H10F3N3O2/c11-10-6-5-8-3-1-2-4-9(8)7-10;10-9(11,12)5-17-7-3-6(1-2-14-7)4-15-8(13)16/h5-7H,1-4H2;1-3H,4-5H2,(H3,13,15,16). The molecule has 0 fully saturated rings. The van der Waals surface area contributed by atoms with E-state index in [1.807, 2.05) is 6.07 Å². The van der Waals surface area contributed by atoms with E-state index in [-0.39, 0.29) is 18.2 Å². The minimum Gasteiger partial charge on any atom is -0.468 e. The lowest BCUT2D eigenvalue weighted by Gasteiger charge is -2.14. The summed E-state index contributed by atoms with van der Waals surface area (Å²) >= 11 is 0. The zero-order valence-corrected chi connectivity index (χ0v) is 15.1. The number of fused-ring (bicyclic) bond motifs is 1. The molecule has 0 saturated carbocycles. The summed E-state index contributed by atoms with van der Waals surface area (Å²) in [6.07, 6.45) is 1.55. The van der Waals surface area contributed by atoms with E-state index >= 15 is 0 Å². The van der Waals surface area contributed by atoms with Gasteiger partial charge in [-0.25, -0.2) is 14.2 Å². The number of nitrogens with zero attached hydrogens (tertiary/aromatic N) is 1. The third-order valence-corrected chi connectivity index (χ3v) is 3.96. The zero-order chi connectivity index (χ0) is 20.6. The maximum atomic E-state index is 12.7. The number of pyridine rings is 1. The molecule has 5 nitrogen and oxygen atoms in total. The third kappa shape index (κ3) is 7.81. The van der Waals surface area contributed by atoms with Gasteiger partial charge in [0.05, 0.1) is 0 Å². The predicted octanol–water partition coefficient (Wildman–Crippen LogP) is 3.90. The van der Waals surface area contributed by atoms with Crippen LogP contribution in [0.4, 0.5) is 22.4 Å². The number of hydrogen-bond acceptors (Lipinski definition) is 3. The first-order valence-electron chi connectivity index (χ1n) is 8.68. The average Bonchev–Trinajstić information content (AvgIpc) is 2.65. The van der Waals surface area contributed by atoms with Crippen LogP contribution in [0.5, 0.6) is 5.88 Å². The van der Waals surface area contributed by atoms with E-state index in [1.165, 1.54) is 42.3 Å². The Balaban J connectivity index is 0.000000218. The molecule has 1 heterocycles. The van der Waals surface area contributed by atoms with Crippen molar-refractivity contribution >= 4 is 6.03 Å². The number of aromatic nitrogens is 1. The van der Waals surface area contributed by atoms with Gasteiger partial charge < -0.3 is 15.8 Å². The molecule has 3 N–H and O–H groups in total. The molecule has 0 bridgehead atoms. The van der Waals surface area contributed by atoms with Crippen LogP contribution in [0.1, 0.15) is 29.5 Å². The molecule has 0 aliphatic heterocycles. The number of rotatable bonds is 4. The largest absolute Gasteiger partial charge is 0.468 e. The zero-order valence-electron chi connectivity index (χ0n) is 15.1. The molecule has 1 aromatic carbocycles. The molecule has 1 aliphatic rings. The highest BCUT2D eigenvalue weighted by molar-refractivity contribution is 5.71. The number of aryl methyl sites for hydroxylation is 2. The van der Waals surface area contributed by atoms with Gasteiger partial charge in [0.15, 0.2) is 6.61 Å². The van der Waals surface area contributed by atoms with Gasteiger partial charge in [-0.3, -0.25) is 0 Å². The lowest BCUT2D eigenvalue weighted by Crippen LogP contribution is -2.28. The number of carbonyl (C=O) groups excluding carboxylic acids is 1. The smallest absolute Gasteiger partial charge is 0.422 e. The van der Waals surface area contributed by atoms with Crippen molar-refractivity contribution in [1.82, 2.24) is 10.3 Å². The van der Waals surface area contributed by atoms with Crippen LogP contribution < -0.4 is 15.8 Å². The highest BCUT2D eigenvalue weighted by atomic mass is 19.4.